The van der Waals surface area contributed by atoms with Crippen molar-refractivity contribution in [3.8, 4) is 5.88 Å². The molecule has 3 heterocycles. The van der Waals surface area contributed by atoms with Crippen LogP contribution in [0.2, 0.25) is 0 Å². The Morgan fingerprint density at radius 1 is 1.03 bits per heavy atom. The molecule has 0 bridgehead atoms. The SMILES string of the molecule is O=c1[nH]c(=O)n(CCc2ccccc2)c(O)c1[C@@H]1[NH2+]CCc2c1[nH]c1ccccc21. The van der Waals surface area contributed by atoms with Crippen molar-refractivity contribution in [2.24, 2.45) is 0 Å². The molecule has 7 heteroatoms. The Hall–Kier alpha value is -3.58. The molecule has 4 aromatic rings. The number of quaternary nitrogens is 1. The van der Waals surface area contributed by atoms with Gasteiger partial charge in [0.2, 0.25) is 5.88 Å². The molecule has 0 unspecified atom stereocenters. The maximum absolute atomic E-state index is 12.7. The third-order valence-electron chi connectivity index (χ3n) is 5.94. The highest BCUT2D eigenvalue weighted by atomic mass is 16.3. The lowest BCUT2D eigenvalue weighted by molar-refractivity contribution is -0.690. The van der Waals surface area contributed by atoms with Gasteiger partial charge in [-0.1, -0.05) is 48.5 Å². The fraction of sp³-hybridized carbons (Fsp3) is 0.217. The molecule has 0 radical (unpaired) electrons. The molecule has 30 heavy (non-hydrogen) atoms. The van der Waals surface area contributed by atoms with Gasteiger partial charge in [0.1, 0.15) is 5.56 Å². The topological polar surface area (TPSA) is 107 Å². The van der Waals surface area contributed by atoms with Gasteiger partial charge in [-0.25, -0.2) is 4.79 Å². The van der Waals surface area contributed by atoms with Crippen LogP contribution in [-0.4, -0.2) is 26.2 Å². The zero-order chi connectivity index (χ0) is 20.7. The molecular formula is C23H23N4O3+. The van der Waals surface area contributed by atoms with Crippen molar-refractivity contribution >= 4 is 10.9 Å². The first-order valence-corrected chi connectivity index (χ1v) is 10.2. The summed E-state index contributed by atoms with van der Waals surface area (Å²) in [7, 11) is 0. The number of rotatable bonds is 4. The molecule has 5 rings (SSSR count). The van der Waals surface area contributed by atoms with E-state index in [1.54, 1.807) is 0 Å². The van der Waals surface area contributed by atoms with Crippen LogP contribution in [0.1, 0.15) is 28.4 Å². The Balaban J connectivity index is 1.59. The number of aromatic amines is 2. The summed E-state index contributed by atoms with van der Waals surface area (Å²) < 4.78 is 1.26. The first kappa shape index (κ1) is 18.4. The molecule has 152 valence electrons. The minimum atomic E-state index is -0.593. The average molecular weight is 403 g/mol. The van der Waals surface area contributed by atoms with Crippen molar-refractivity contribution in [3.63, 3.8) is 0 Å². The number of H-pyrrole nitrogens is 2. The van der Waals surface area contributed by atoms with Gasteiger partial charge >= 0.3 is 5.69 Å². The first-order valence-electron chi connectivity index (χ1n) is 10.2. The van der Waals surface area contributed by atoms with E-state index in [4.69, 9.17) is 0 Å². The van der Waals surface area contributed by atoms with Crippen LogP contribution in [0.15, 0.2) is 64.2 Å². The first-order chi connectivity index (χ1) is 14.6. The van der Waals surface area contributed by atoms with E-state index in [0.29, 0.717) is 6.42 Å². The average Bonchev–Trinajstić information content (AvgIpc) is 3.14. The molecule has 0 aliphatic carbocycles. The van der Waals surface area contributed by atoms with Crippen LogP contribution in [0.3, 0.4) is 0 Å². The summed E-state index contributed by atoms with van der Waals surface area (Å²) in [6.45, 7) is 1.08. The number of aromatic nitrogens is 3. The van der Waals surface area contributed by atoms with Gasteiger partial charge in [-0.05, 0) is 23.6 Å². The highest BCUT2D eigenvalue weighted by Crippen LogP contribution is 2.31. The minimum absolute atomic E-state index is 0.218. The van der Waals surface area contributed by atoms with Gasteiger partial charge in [0.05, 0.1) is 12.2 Å². The Kier molecular flexibility index (Phi) is 4.52. The van der Waals surface area contributed by atoms with Gasteiger partial charge in [0.25, 0.3) is 5.56 Å². The Labute approximate surface area is 172 Å². The Bertz CT molecular complexity index is 1330. The number of nitrogens with zero attached hydrogens (tertiary/aromatic N) is 1. The molecule has 1 atom stereocenters. The fourth-order valence-corrected chi connectivity index (χ4v) is 4.48. The van der Waals surface area contributed by atoms with Crippen molar-refractivity contribution < 1.29 is 10.4 Å². The number of para-hydroxylation sites is 1. The number of nitrogens with one attached hydrogen (secondary N) is 2. The van der Waals surface area contributed by atoms with Gasteiger partial charge < -0.3 is 15.4 Å². The maximum Gasteiger partial charge on any atom is 0.331 e. The van der Waals surface area contributed by atoms with Crippen LogP contribution in [-0.2, 0) is 19.4 Å². The summed E-state index contributed by atoms with van der Waals surface area (Å²) in [5.41, 5.74) is 3.23. The van der Waals surface area contributed by atoms with Crippen molar-refractivity contribution in [1.29, 1.82) is 0 Å². The largest absolute Gasteiger partial charge is 0.494 e. The number of hydrogen-bond acceptors (Lipinski definition) is 3. The summed E-state index contributed by atoms with van der Waals surface area (Å²) in [5, 5.41) is 14.2. The van der Waals surface area contributed by atoms with Crippen molar-refractivity contribution in [2.75, 3.05) is 6.54 Å². The van der Waals surface area contributed by atoms with E-state index in [1.807, 2.05) is 53.8 Å². The lowest BCUT2D eigenvalue weighted by Gasteiger charge is -2.22. The van der Waals surface area contributed by atoms with Gasteiger partial charge in [-0.3, -0.25) is 14.3 Å². The molecule has 0 spiro atoms. The lowest BCUT2D eigenvalue weighted by atomic mass is 9.95. The van der Waals surface area contributed by atoms with E-state index < -0.39 is 17.3 Å². The lowest BCUT2D eigenvalue weighted by Crippen LogP contribution is -2.87. The second kappa shape index (κ2) is 7.35. The summed E-state index contributed by atoms with van der Waals surface area (Å²) in [6, 6.07) is 17.4. The van der Waals surface area contributed by atoms with E-state index >= 15 is 0 Å². The van der Waals surface area contributed by atoms with E-state index in [2.05, 4.69) is 16.0 Å². The minimum Gasteiger partial charge on any atom is -0.494 e. The number of hydrogen-bond donors (Lipinski definition) is 4. The van der Waals surface area contributed by atoms with Crippen molar-refractivity contribution in [2.45, 2.75) is 25.4 Å². The van der Waals surface area contributed by atoms with Crippen LogP contribution >= 0.6 is 0 Å². The molecule has 1 aliphatic rings. The Morgan fingerprint density at radius 3 is 2.63 bits per heavy atom. The van der Waals surface area contributed by atoms with Crippen LogP contribution in [0, 0.1) is 0 Å². The highest BCUT2D eigenvalue weighted by molar-refractivity contribution is 5.85. The van der Waals surface area contributed by atoms with Gasteiger partial charge in [0.15, 0.2) is 6.04 Å². The predicted octanol–water partition coefficient (Wildman–Crippen LogP) is 1.18. The van der Waals surface area contributed by atoms with Crippen molar-refractivity contribution in [3.05, 3.63) is 97.8 Å². The molecule has 1 aliphatic heterocycles. The van der Waals surface area contributed by atoms with E-state index in [9.17, 15) is 14.7 Å². The van der Waals surface area contributed by atoms with Crippen LogP contribution in [0.5, 0.6) is 5.88 Å². The van der Waals surface area contributed by atoms with Crippen LogP contribution < -0.4 is 16.6 Å². The molecular weight excluding hydrogens is 380 g/mol. The number of aryl methyl sites for hydroxylation is 1. The maximum atomic E-state index is 12.7. The number of nitrogens with two attached hydrogens (primary N) is 1. The molecule has 0 saturated heterocycles. The zero-order valence-electron chi connectivity index (χ0n) is 16.4. The van der Waals surface area contributed by atoms with Gasteiger partial charge in [-0.2, -0.15) is 0 Å². The van der Waals surface area contributed by atoms with Crippen molar-refractivity contribution in [1.82, 2.24) is 14.5 Å². The Morgan fingerprint density at radius 2 is 1.80 bits per heavy atom. The third-order valence-corrected chi connectivity index (χ3v) is 5.94. The monoisotopic (exact) mass is 403 g/mol. The van der Waals surface area contributed by atoms with Crippen LogP contribution in [0.4, 0.5) is 0 Å². The predicted molar refractivity (Wildman–Crippen MR) is 114 cm³/mol. The number of benzene rings is 2. The second-order valence-electron chi connectivity index (χ2n) is 7.70. The van der Waals surface area contributed by atoms with Gasteiger partial charge in [-0.15, -0.1) is 0 Å². The zero-order valence-corrected chi connectivity index (χ0v) is 16.4. The summed E-state index contributed by atoms with van der Waals surface area (Å²) in [6.07, 6.45) is 1.45. The molecule has 7 nitrogen and oxygen atoms in total. The summed E-state index contributed by atoms with van der Waals surface area (Å²) >= 11 is 0. The highest BCUT2D eigenvalue weighted by Gasteiger charge is 2.34. The van der Waals surface area contributed by atoms with Gasteiger partial charge in [0, 0.05) is 23.9 Å². The van der Waals surface area contributed by atoms with E-state index in [1.165, 1.54) is 10.1 Å². The molecule has 2 aromatic heterocycles. The summed E-state index contributed by atoms with van der Waals surface area (Å²) in [5.74, 6) is -0.257. The van der Waals surface area contributed by atoms with E-state index in [0.717, 1.165) is 35.1 Å². The normalized spacial score (nSPS) is 15.9. The summed E-state index contributed by atoms with van der Waals surface area (Å²) in [4.78, 5) is 31.0. The van der Waals surface area contributed by atoms with Crippen LogP contribution in [0.25, 0.3) is 10.9 Å². The van der Waals surface area contributed by atoms with E-state index in [-0.39, 0.29) is 18.0 Å². The molecule has 5 N–H and O–H groups in total. The molecule has 2 aromatic carbocycles. The molecule has 0 saturated carbocycles. The number of fused-ring (bicyclic) bond motifs is 3. The molecule has 0 fully saturated rings. The fourth-order valence-electron chi connectivity index (χ4n) is 4.48. The second-order valence-corrected chi connectivity index (χ2v) is 7.70. The third kappa shape index (κ3) is 3.04. The quantitative estimate of drug-likeness (QED) is 0.411. The number of aromatic hydroxyl groups is 1. The smallest absolute Gasteiger partial charge is 0.331 e. The standard InChI is InChI=1S/C23H22N4O3/c28-21-18(20-19-16(10-12-24-20)15-8-4-5-9-17(15)25-19)22(29)27(23(30)26-21)13-11-14-6-2-1-3-7-14/h1-9,20,24-25,29H,10-13H2,(H,26,28,30)/p+1/t20-/m0/s1. The molecule has 0 amide bonds.